The van der Waals surface area contributed by atoms with Gasteiger partial charge in [0.1, 0.15) is 23.6 Å². The molecule has 1 aliphatic heterocycles. The van der Waals surface area contributed by atoms with Gasteiger partial charge >= 0.3 is 5.69 Å². The van der Waals surface area contributed by atoms with E-state index in [0.717, 1.165) is 5.56 Å². The van der Waals surface area contributed by atoms with Crippen LogP contribution in [0.4, 0.5) is 21.6 Å². The fourth-order valence-corrected chi connectivity index (χ4v) is 4.96. The molecular weight excluding hydrogens is 503 g/mol. The van der Waals surface area contributed by atoms with E-state index in [2.05, 4.69) is 15.6 Å². The average molecular weight is 531 g/mol. The molecule has 11 heteroatoms. The number of amidine groups is 1. The van der Waals surface area contributed by atoms with Crippen molar-refractivity contribution in [3.05, 3.63) is 90.6 Å². The molecule has 1 saturated carbocycles. The number of aliphatic imine (C=N–C) groups is 1. The molecule has 2 aliphatic rings. The van der Waals surface area contributed by atoms with Gasteiger partial charge in [0.25, 0.3) is 17.1 Å². The Hall–Kier alpha value is -4.67. The van der Waals surface area contributed by atoms with E-state index >= 15 is 0 Å². The molecule has 2 N–H and O–H groups in total. The number of nitrogens with zero attached hydrogens (tertiary/aromatic N) is 4. The van der Waals surface area contributed by atoms with Crippen LogP contribution in [0, 0.1) is 19.7 Å². The average Bonchev–Trinajstić information content (AvgIpc) is 3.61. The first kappa shape index (κ1) is 24.7. The first-order chi connectivity index (χ1) is 18.7. The van der Waals surface area contributed by atoms with Crippen LogP contribution in [0.3, 0.4) is 0 Å². The number of halogens is 1. The molecular formula is C28H27FN6O4. The number of pyridine rings is 1. The van der Waals surface area contributed by atoms with Gasteiger partial charge in [0, 0.05) is 24.3 Å². The lowest BCUT2D eigenvalue weighted by molar-refractivity contribution is 0.346. The third kappa shape index (κ3) is 4.19. The fourth-order valence-electron chi connectivity index (χ4n) is 4.96. The highest BCUT2D eigenvalue weighted by Crippen LogP contribution is 2.34. The molecule has 2 aromatic heterocycles. The van der Waals surface area contributed by atoms with Crippen molar-refractivity contribution in [3.63, 3.8) is 0 Å². The number of benzene rings is 2. The Balaban J connectivity index is 1.66. The summed E-state index contributed by atoms with van der Waals surface area (Å²) < 4.78 is 24.2. The van der Waals surface area contributed by atoms with E-state index < -0.39 is 22.6 Å². The molecule has 2 aromatic carbocycles. The van der Waals surface area contributed by atoms with Gasteiger partial charge < -0.3 is 15.4 Å². The maximum absolute atomic E-state index is 14.9. The van der Waals surface area contributed by atoms with Gasteiger partial charge in [0.05, 0.1) is 23.4 Å². The molecule has 0 radical (unpaired) electrons. The number of aromatic nitrogens is 3. The minimum Gasteiger partial charge on any atom is -0.463 e. The zero-order valence-electron chi connectivity index (χ0n) is 21.7. The predicted molar refractivity (Wildman–Crippen MR) is 148 cm³/mol. The Kier molecular flexibility index (Phi) is 5.86. The van der Waals surface area contributed by atoms with E-state index in [1.165, 1.54) is 26.8 Å². The van der Waals surface area contributed by atoms with Gasteiger partial charge in [-0.15, -0.1) is 0 Å². The highest BCUT2D eigenvalue weighted by Gasteiger charge is 2.31. The summed E-state index contributed by atoms with van der Waals surface area (Å²) in [7, 11) is 1.52. The Morgan fingerprint density at radius 2 is 1.82 bits per heavy atom. The lowest BCUT2D eigenvalue weighted by atomic mass is 10.1. The molecule has 3 heterocycles. The SMILES string of the molecule is Cc1ccc(Nc2c3c(=O)n(C4CC4)c(=O)n(-c4cccc(NC5=NCCO5)c4)c3c(C)c(=O)n2C)c(F)c1. The molecule has 0 spiro atoms. The summed E-state index contributed by atoms with van der Waals surface area (Å²) in [5, 5.41) is 6.20. The minimum absolute atomic E-state index is 0.111. The van der Waals surface area contributed by atoms with Crippen molar-refractivity contribution in [1.29, 1.82) is 0 Å². The number of anilines is 3. The van der Waals surface area contributed by atoms with Gasteiger partial charge in [0.15, 0.2) is 0 Å². The smallest absolute Gasteiger partial charge is 0.336 e. The van der Waals surface area contributed by atoms with Crippen LogP contribution in [-0.4, -0.2) is 32.9 Å². The van der Waals surface area contributed by atoms with E-state index in [9.17, 15) is 18.8 Å². The van der Waals surface area contributed by atoms with Gasteiger partial charge in [-0.2, -0.15) is 0 Å². The van der Waals surface area contributed by atoms with Gasteiger partial charge in [-0.1, -0.05) is 12.1 Å². The quantitative estimate of drug-likeness (QED) is 0.409. The van der Waals surface area contributed by atoms with Crippen LogP contribution in [0.25, 0.3) is 16.6 Å². The van der Waals surface area contributed by atoms with Crippen molar-refractivity contribution in [2.24, 2.45) is 12.0 Å². The number of hydrogen-bond acceptors (Lipinski definition) is 7. The molecule has 0 unspecified atom stereocenters. The number of hydrogen-bond donors (Lipinski definition) is 2. The largest absolute Gasteiger partial charge is 0.463 e. The second-order valence-corrected chi connectivity index (χ2v) is 9.90. The summed E-state index contributed by atoms with van der Waals surface area (Å²) in [6.45, 7) is 4.39. The number of nitrogens with one attached hydrogen (secondary N) is 2. The van der Waals surface area contributed by atoms with E-state index in [0.29, 0.717) is 43.4 Å². The number of fused-ring (bicyclic) bond motifs is 1. The van der Waals surface area contributed by atoms with Gasteiger partial charge in [0.2, 0.25) is 0 Å². The maximum Gasteiger partial charge on any atom is 0.336 e. The van der Waals surface area contributed by atoms with E-state index in [4.69, 9.17) is 4.74 Å². The summed E-state index contributed by atoms with van der Waals surface area (Å²) in [4.78, 5) is 45.5. The van der Waals surface area contributed by atoms with Crippen LogP contribution in [-0.2, 0) is 11.8 Å². The molecule has 4 aromatic rings. The Morgan fingerprint density at radius 1 is 1.03 bits per heavy atom. The van der Waals surface area contributed by atoms with Crippen molar-refractivity contribution >= 4 is 34.1 Å². The van der Waals surface area contributed by atoms with Crippen LogP contribution in [0.1, 0.15) is 30.0 Å². The topological polar surface area (TPSA) is 112 Å². The Bertz CT molecular complexity index is 1870. The highest BCUT2D eigenvalue weighted by molar-refractivity contribution is 5.94. The summed E-state index contributed by atoms with van der Waals surface area (Å²) in [5.41, 5.74) is 0.833. The van der Waals surface area contributed by atoms with Crippen LogP contribution in [0.2, 0.25) is 0 Å². The lowest BCUT2D eigenvalue weighted by Crippen LogP contribution is -2.41. The van der Waals surface area contributed by atoms with Crippen LogP contribution in [0.15, 0.2) is 61.8 Å². The van der Waals surface area contributed by atoms with Crippen molar-refractivity contribution in [2.45, 2.75) is 32.7 Å². The predicted octanol–water partition coefficient (Wildman–Crippen LogP) is 3.48. The second kappa shape index (κ2) is 9.26. The summed E-state index contributed by atoms with van der Waals surface area (Å²) >= 11 is 0. The molecule has 0 amide bonds. The third-order valence-corrected chi connectivity index (χ3v) is 7.07. The normalized spacial score (nSPS) is 14.8. The summed E-state index contributed by atoms with van der Waals surface area (Å²) in [5.74, 6) is -0.415. The zero-order chi connectivity index (χ0) is 27.4. The maximum atomic E-state index is 14.9. The van der Waals surface area contributed by atoms with Crippen LogP contribution >= 0.6 is 0 Å². The number of aryl methyl sites for hydroxylation is 2. The molecule has 0 saturated heterocycles. The molecule has 1 fully saturated rings. The van der Waals surface area contributed by atoms with E-state index in [1.54, 1.807) is 50.2 Å². The van der Waals surface area contributed by atoms with Gasteiger partial charge in [-0.3, -0.25) is 23.3 Å². The monoisotopic (exact) mass is 530 g/mol. The molecule has 200 valence electrons. The molecule has 10 nitrogen and oxygen atoms in total. The highest BCUT2D eigenvalue weighted by atomic mass is 19.1. The van der Waals surface area contributed by atoms with Crippen LogP contribution in [0.5, 0.6) is 0 Å². The van der Waals surface area contributed by atoms with Crippen molar-refractivity contribution < 1.29 is 9.13 Å². The molecule has 0 atom stereocenters. The van der Waals surface area contributed by atoms with Crippen molar-refractivity contribution in [1.82, 2.24) is 13.7 Å². The first-order valence-electron chi connectivity index (χ1n) is 12.7. The minimum atomic E-state index is -0.537. The summed E-state index contributed by atoms with van der Waals surface area (Å²) in [6, 6.07) is 11.8. The van der Waals surface area contributed by atoms with Gasteiger partial charge in [-0.05, 0) is 62.6 Å². The van der Waals surface area contributed by atoms with E-state index in [1.807, 2.05) is 0 Å². The standard InChI is InChI=1S/C28H27FN6O4/c1-15-7-10-21(20(29)13-15)32-24-22-23(16(2)25(36)33(24)3)34(28(38)35(26(22)37)18-8-9-18)19-6-4-5-17(14-19)31-27-30-11-12-39-27/h4-7,10,13-14,18,32H,8-9,11-12H2,1-3H3,(H,30,31). The Morgan fingerprint density at radius 3 is 2.51 bits per heavy atom. The van der Waals surface area contributed by atoms with Crippen LogP contribution < -0.4 is 27.4 Å². The second-order valence-electron chi connectivity index (χ2n) is 9.90. The zero-order valence-corrected chi connectivity index (χ0v) is 21.7. The van der Waals surface area contributed by atoms with Gasteiger partial charge in [-0.25, -0.2) is 14.2 Å². The third-order valence-electron chi connectivity index (χ3n) is 7.07. The van der Waals surface area contributed by atoms with Crippen molar-refractivity contribution in [2.75, 3.05) is 23.8 Å². The van der Waals surface area contributed by atoms with E-state index in [-0.39, 0.29) is 34.0 Å². The number of ether oxygens (including phenoxy) is 1. The number of rotatable bonds is 5. The lowest BCUT2D eigenvalue weighted by Gasteiger charge is -2.21. The fraction of sp³-hybridized carbons (Fsp3) is 0.286. The van der Waals surface area contributed by atoms with Crippen molar-refractivity contribution in [3.8, 4) is 5.69 Å². The Labute approximate surface area is 222 Å². The summed E-state index contributed by atoms with van der Waals surface area (Å²) in [6.07, 6.45) is 1.39. The molecule has 0 bridgehead atoms. The molecule has 6 rings (SSSR count). The molecule has 1 aliphatic carbocycles. The molecule has 39 heavy (non-hydrogen) atoms. The first-order valence-corrected chi connectivity index (χ1v) is 12.7.